The van der Waals surface area contributed by atoms with E-state index in [1.807, 2.05) is 12.1 Å². The van der Waals surface area contributed by atoms with Crippen molar-refractivity contribution in [3.63, 3.8) is 0 Å². The summed E-state index contributed by atoms with van der Waals surface area (Å²) in [4.78, 5) is 0. The van der Waals surface area contributed by atoms with Crippen LogP contribution in [0.1, 0.15) is 17.2 Å². The van der Waals surface area contributed by atoms with Crippen LogP contribution in [0.4, 0.5) is 8.78 Å². The van der Waals surface area contributed by atoms with E-state index in [1.165, 1.54) is 12.1 Å². The molecule has 3 N–H and O–H groups in total. The van der Waals surface area contributed by atoms with Crippen LogP contribution in [0.25, 0.3) is 0 Å². The van der Waals surface area contributed by atoms with Crippen molar-refractivity contribution in [2.75, 3.05) is 0 Å². The largest absolute Gasteiger partial charge is 0.271 e. The van der Waals surface area contributed by atoms with Crippen LogP contribution < -0.4 is 11.3 Å². The maximum Gasteiger partial charge on any atom is 0.159 e. The van der Waals surface area contributed by atoms with Gasteiger partial charge in [0.2, 0.25) is 0 Å². The van der Waals surface area contributed by atoms with Gasteiger partial charge in [0.05, 0.1) is 11.1 Å². The molecule has 0 saturated heterocycles. The number of halogens is 4. The van der Waals surface area contributed by atoms with Gasteiger partial charge in [0.25, 0.3) is 0 Å². The fraction of sp³-hybridized carbons (Fsp3) is 0.143. The van der Waals surface area contributed by atoms with Crippen LogP contribution in [0.2, 0.25) is 5.02 Å². The number of benzene rings is 2. The van der Waals surface area contributed by atoms with Gasteiger partial charge in [0, 0.05) is 4.47 Å². The molecule has 0 aliphatic heterocycles. The van der Waals surface area contributed by atoms with Gasteiger partial charge in [-0.15, -0.1) is 0 Å². The lowest BCUT2D eigenvalue weighted by atomic mass is 9.99. The van der Waals surface area contributed by atoms with Gasteiger partial charge in [-0.1, -0.05) is 23.7 Å². The van der Waals surface area contributed by atoms with Gasteiger partial charge in [-0.25, -0.2) is 8.78 Å². The zero-order chi connectivity index (χ0) is 14.7. The van der Waals surface area contributed by atoms with E-state index >= 15 is 0 Å². The summed E-state index contributed by atoms with van der Waals surface area (Å²) in [5.41, 5.74) is 4.22. The van der Waals surface area contributed by atoms with Crippen molar-refractivity contribution in [2.45, 2.75) is 12.5 Å². The zero-order valence-corrected chi connectivity index (χ0v) is 12.7. The van der Waals surface area contributed by atoms with Gasteiger partial charge in [-0.3, -0.25) is 11.3 Å². The summed E-state index contributed by atoms with van der Waals surface area (Å²) >= 11 is 9.28. The Bertz CT molecular complexity index is 622. The Hall–Kier alpha value is -1.01. The van der Waals surface area contributed by atoms with E-state index < -0.39 is 11.6 Å². The third-order valence-corrected chi connectivity index (χ3v) is 4.19. The van der Waals surface area contributed by atoms with Gasteiger partial charge >= 0.3 is 0 Å². The van der Waals surface area contributed by atoms with Crippen molar-refractivity contribution in [1.29, 1.82) is 0 Å². The molecule has 6 heteroatoms. The van der Waals surface area contributed by atoms with Gasteiger partial charge in [-0.2, -0.15) is 0 Å². The average Bonchev–Trinajstić information content (AvgIpc) is 2.43. The van der Waals surface area contributed by atoms with Crippen LogP contribution in [0, 0.1) is 11.6 Å². The molecule has 1 unspecified atom stereocenters. The smallest absolute Gasteiger partial charge is 0.159 e. The Labute approximate surface area is 129 Å². The van der Waals surface area contributed by atoms with E-state index in [4.69, 9.17) is 17.4 Å². The van der Waals surface area contributed by atoms with Crippen molar-refractivity contribution < 1.29 is 8.78 Å². The van der Waals surface area contributed by atoms with E-state index in [0.29, 0.717) is 17.0 Å². The highest BCUT2D eigenvalue weighted by molar-refractivity contribution is 9.10. The lowest BCUT2D eigenvalue weighted by molar-refractivity contribution is 0.502. The minimum atomic E-state index is -0.865. The predicted octanol–water partition coefficient (Wildman–Crippen LogP) is 4.13. The van der Waals surface area contributed by atoms with Crippen LogP contribution in [-0.2, 0) is 6.42 Å². The maximum absolute atomic E-state index is 13.2. The number of nitrogens with one attached hydrogen (secondary N) is 1. The summed E-state index contributed by atoms with van der Waals surface area (Å²) in [6.45, 7) is 0. The molecule has 0 bridgehead atoms. The second-order valence-electron chi connectivity index (χ2n) is 4.35. The molecular formula is C14H12BrClF2N2. The molecule has 0 aliphatic carbocycles. The number of hydrazine groups is 1. The SMILES string of the molecule is NNC(Cc1ccc(F)c(F)c1)c1ccc(Cl)c(Br)c1. The van der Waals surface area contributed by atoms with Crippen LogP contribution in [0.3, 0.4) is 0 Å². The molecule has 2 nitrogen and oxygen atoms in total. The fourth-order valence-electron chi connectivity index (χ4n) is 1.90. The van der Waals surface area contributed by atoms with Crippen molar-refractivity contribution in [3.05, 3.63) is 68.7 Å². The highest BCUT2D eigenvalue weighted by atomic mass is 79.9. The lowest BCUT2D eigenvalue weighted by Gasteiger charge is -2.17. The molecule has 0 heterocycles. The quantitative estimate of drug-likeness (QED) is 0.635. The molecule has 0 aromatic heterocycles. The number of hydrogen-bond donors (Lipinski definition) is 2. The maximum atomic E-state index is 13.2. The van der Waals surface area contributed by atoms with Crippen molar-refractivity contribution in [1.82, 2.24) is 5.43 Å². The fourth-order valence-corrected chi connectivity index (χ4v) is 2.42. The first-order chi connectivity index (χ1) is 9.51. The second-order valence-corrected chi connectivity index (χ2v) is 5.61. The molecule has 0 spiro atoms. The Kier molecular flexibility index (Phi) is 5.10. The summed E-state index contributed by atoms with van der Waals surface area (Å²) in [7, 11) is 0. The Balaban J connectivity index is 2.23. The minimum Gasteiger partial charge on any atom is -0.271 e. The molecule has 0 aliphatic rings. The molecule has 106 valence electrons. The summed E-state index contributed by atoms with van der Waals surface area (Å²) in [6.07, 6.45) is 0.432. The summed E-state index contributed by atoms with van der Waals surface area (Å²) in [6, 6.07) is 9.00. The Morgan fingerprint density at radius 3 is 2.50 bits per heavy atom. The summed E-state index contributed by atoms with van der Waals surface area (Å²) < 4.78 is 26.9. The monoisotopic (exact) mass is 360 g/mol. The molecule has 0 fully saturated rings. The first-order valence-electron chi connectivity index (χ1n) is 5.86. The third kappa shape index (κ3) is 3.55. The predicted molar refractivity (Wildman–Crippen MR) is 79.3 cm³/mol. The van der Waals surface area contributed by atoms with Gasteiger partial charge < -0.3 is 0 Å². The van der Waals surface area contributed by atoms with E-state index in [2.05, 4.69) is 21.4 Å². The van der Waals surface area contributed by atoms with Crippen molar-refractivity contribution >= 4 is 27.5 Å². The molecule has 2 aromatic carbocycles. The first-order valence-corrected chi connectivity index (χ1v) is 7.03. The van der Waals surface area contributed by atoms with Crippen molar-refractivity contribution in [2.24, 2.45) is 5.84 Å². The van der Waals surface area contributed by atoms with Crippen LogP contribution in [0.15, 0.2) is 40.9 Å². The van der Waals surface area contributed by atoms with Gasteiger partial charge in [-0.05, 0) is 57.7 Å². The van der Waals surface area contributed by atoms with Crippen LogP contribution in [0.5, 0.6) is 0 Å². The normalized spacial score (nSPS) is 12.4. The highest BCUT2D eigenvalue weighted by Crippen LogP contribution is 2.27. The molecule has 2 aromatic rings. The minimum absolute atomic E-state index is 0.228. The van der Waals surface area contributed by atoms with Crippen LogP contribution >= 0.6 is 27.5 Å². The zero-order valence-electron chi connectivity index (χ0n) is 10.3. The molecule has 0 radical (unpaired) electrons. The molecule has 1 atom stereocenters. The number of hydrogen-bond acceptors (Lipinski definition) is 2. The molecule has 20 heavy (non-hydrogen) atoms. The molecule has 2 rings (SSSR count). The van der Waals surface area contributed by atoms with E-state index in [0.717, 1.165) is 16.1 Å². The van der Waals surface area contributed by atoms with Gasteiger partial charge in [0.1, 0.15) is 0 Å². The van der Waals surface area contributed by atoms with Gasteiger partial charge in [0.15, 0.2) is 11.6 Å². The van der Waals surface area contributed by atoms with E-state index in [9.17, 15) is 8.78 Å². The number of rotatable bonds is 4. The Morgan fingerprint density at radius 1 is 1.15 bits per heavy atom. The topological polar surface area (TPSA) is 38.0 Å². The summed E-state index contributed by atoms with van der Waals surface area (Å²) in [5, 5.41) is 0.595. The third-order valence-electron chi connectivity index (χ3n) is 2.97. The first kappa shape index (κ1) is 15.4. The Morgan fingerprint density at radius 2 is 1.90 bits per heavy atom. The summed E-state index contributed by atoms with van der Waals surface area (Å²) in [5.74, 6) is 3.82. The highest BCUT2D eigenvalue weighted by Gasteiger charge is 2.13. The lowest BCUT2D eigenvalue weighted by Crippen LogP contribution is -2.29. The van der Waals surface area contributed by atoms with E-state index in [-0.39, 0.29) is 6.04 Å². The molecule has 0 saturated carbocycles. The number of nitrogens with two attached hydrogens (primary N) is 1. The second kappa shape index (κ2) is 6.63. The molecular weight excluding hydrogens is 350 g/mol. The standard InChI is InChI=1S/C14H12BrClF2N2/c15-10-7-9(2-3-11(10)16)14(20-19)6-8-1-4-12(17)13(18)5-8/h1-5,7,14,20H,6,19H2. The van der Waals surface area contributed by atoms with E-state index in [1.54, 1.807) is 6.07 Å². The van der Waals surface area contributed by atoms with Crippen LogP contribution in [-0.4, -0.2) is 0 Å². The van der Waals surface area contributed by atoms with Crippen molar-refractivity contribution in [3.8, 4) is 0 Å². The average molecular weight is 362 g/mol. The molecule has 0 amide bonds.